The first-order valence-corrected chi connectivity index (χ1v) is 6.19. The van der Waals surface area contributed by atoms with Crippen molar-refractivity contribution in [1.82, 2.24) is 9.88 Å². The van der Waals surface area contributed by atoms with Crippen molar-refractivity contribution < 1.29 is 9.84 Å². The van der Waals surface area contributed by atoms with Gasteiger partial charge in [-0.1, -0.05) is 6.92 Å². The molecule has 0 atom stereocenters. The number of aromatic nitrogens is 1. The molecule has 17 heavy (non-hydrogen) atoms. The molecule has 1 rings (SSSR count). The molecule has 3 N–H and O–H groups in total. The van der Waals surface area contributed by atoms with E-state index in [1.165, 1.54) is 16.2 Å². The molecule has 1 heterocycles. The number of halogens is 1. The summed E-state index contributed by atoms with van der Waals surface area (Å²) in [6, 6.07) is 0. The fourth-order valence-corrected chi connectivity index (χ4v) is 2.05. The lowest BCUT2D eigenvalue weighted by molar-refractivity contribution is 0.0734. The molecule has 0 aliphatic heterocycles. The minimum atomic E-state index is 0. The normalized spacial score (nSPS) is 10.5. The lowest BCUT2D eigenvalue weighted by atomic mass is 10.4. The monoisotopic (exact) mass is 281 g/mol. The Hall–Kier alpha value is -0.400. The molecule has 0 aliphatic rings. The second kappa shape index (κ2) is 9.61. The van der Waals surface area contributed by atoms with E-state index >= 15 is 0 Å². The highest BCUT2D eigenvalue weighted by atomic mass is 35.5. The number of ether oxygens (including phenoxy) is 1. The molecule has 0 spiro atoms. The molecule has 0 aliphatic carbocycles. The van der Waals surface area contributed by atoms with Crippen molar-refractivity contribution in [3.8, 4) is 0 Å². The van der Waals surface area contributed by atoms with E-state index in [2.05, 4.69) is 16.8 Å². The van der Waals surface area contributed by atoms with E-state index in [1.807, 2.05) is 6.20 Å². The van der Waals surface area contributed by atoms with Crippen molar-refractivity contribution >= 4 is 28.9 Å². The molecule has 1 aromatic heterocycles. The smallest absolute Gasteiger partial charge is 0.180 e. The number of aliphatic hydroxyl groups is 1. The minimum absolute atomic E-state index is 0. The molecule has 0 radical (unpaired) electrons. The average molecular weight is 282 g/mol. The summed E-state index contributed by atoms with van der Waals surface area (Å²) >= 11 is 1.52. The van der Waals surface area contributed by atoms with Crippen molar-refractivity contribution in [3.63, 3.8) is 0 Å². The Labute approximate surface area is 112 Å². The Kier molecular flexibility index (Phi) is 9.39. The first-order chi connectivity index (χ1) is 7.76. The number of hydrogen-bond acceptors (Lipinski definition) is 6. The molecule has 0 amide bonds. The number of rotatable bonds is 8. The van der Waals surface area contributed by atoms with Crippen LogP contribution in [-0.4, -0.2) is 47.9 Å². The van der Waals surface area contributed by atoms with E-state index in [9.17, 15) is 0 Å². The van der Waals surface area contributed by atoms with Gasteiger partial charge in [-0.2, -0.15) is 0 Å². The molecular weight excluding hydrogens is 262 g/mol. The summed E-state index contributed by atoms with van der Waals surface area (Å²) < 4.78 is 5.23. The summed E-state index contributed by atoms with van der Waals surface area (Å²) in [5.74, 6) is 0. The fraction of sp³-hybridized carbons (Fsp3) is 0.700. The van der Waals surface area contributed by atoms with Gasteiger partial charge in [0.25, 0.3) is 0 Å². The van der Waals surface area contributed by atoms with Crippen LogP contribution < -0.4 is 5.73 Å². The third-order valence-electron chi connectivity index (χ3n) is 2.19. The van der Waals surface area contributed by atoms with Gasteiger partial charge in [0.1, 0.15) is 0 Å². The summed E-state index contributed by atoms with van der Waals surface area (Å²) in [4.78, 5) is 7.44. The van der Waals surface area contributed by atoms with Crippen LogP contribution in [0.25, 0.3) is 0 Å². The SMILES string of the molecule is CCN(CCOCCO)Cc1cnc(N)s1.Cl. The maximum absolute atomic E-state index is 8.57. The Bertz CT molecular complexity index is 299. The van der Waals surface area contributed by atoms with Gasteiger partial charge < -0.3 is 15.6 Å². The zero-order valence-corrected chi connectivity index (χ0v) is 11.6. The van der Waals surface area contributed by atoms with Gasteiger partial charge in [-0.3, -0.25) is 4.90 Å². The van der Waals surface area contributed by atoms with E-state index in [1.54, 1.807) is 0 Å². The quantitative estimate of drug-likeness (QED) is 0.695. The molecule has 0 fully saturated rings. The van der Waals surface area contributed by atoms with Gasteiger partial charge in [0.2, 0.25) is 0 Å². The number of aliphatic hydroxyl groups excluding tert-OH is 1. The number of thiazole rings is 1. The lowest BCUT2D eigenvalue weighted by Gasteiger charge is -2.18. The highest BCUT2D eigenvalue weighted by Crippen LogP contribution is 2.16. The third kappa shape index (κ3) is 6.80. The van der Waals surface area contributed by atoms with Gasteiger partial charge in [-0.05, 0) is 6.54 Å². The minimum Gasteiger partial charge on any atom is -0.394 e. The van der Waals surface area contributed by atoms with Crippen molar-refractivity contribution in [3.05, 3.63) is 11.1 Å². The molecule has 0 bridgehead atoms. The number of likely N-dealkylation sites (N-methyl/N-ethyl adjacent to an activating group) is 1. The van der Waals surface area contributed by atoms with Crippen molar-refractivity contribution in [2.45, 2.75) is 13.5 Å². The number of nitrogens with two attached hydrogens (primary N) is 1. The van der Waals surface area contributed by atoms with Crippen LogP contribution in [0.15, 0.2) is 6.20 Å². The van der Waals surface area contributed by atoms with Crippen LogP contribution in [0.1, 0.15) is 11.8 Å². The summed E-state index contributed by atoms with van der Waals surface area (Å²) in [7, 11) is 0. The summed E-state index contributed by atoms with van der Waals surface area (Å²) in [6.45, 7) is 5.91. The molecule has 1 aromatic rings. The molecule has 5 nitrogen and oxygen atoms in total. The van der Waals surface area contributed by atoms with E-state index in [4.69, 9.17) is 15.6 Å². The second-order valence-electron chi connectivity index (χ2n) is 3.37. The molecule has 100 valence electrons. The maximum atomic E-state index is 8.57. The Morgan fingerprint density at radius 2 is 2.29 bits per heavy atom. The predicted octanol–water partition coefficient (Wildman–Crippen LogP) is 0.978. The third-order valence-corrected chi connectivity index (χ3v) is 3.00. The van der Waals surface area contributed by atoms with Crippen LogP contribution in [0, 0.1) is 0 Å². The first-order valence-electron chi connectivity index (χ1n) is 5.37. The van der Waals surface area contributed by atoms with Crippen LogP contribution in [-0.2, 0) is 11.3 Å². The van der Waals surface area contributed by atoms with E-state index in [0.717, 1.165) is 19.6 Å². The van der Waals surface area contributed by atoms with Gasteiger partial charge in [0.15, 0.2) is 5.13 Å². The van der Waals surface area contributed by atoms with Crippen molar-refractivity contribution in [1.29, 1.82) is 0 Å². The largest absolute Gasteiger partial charge is 0.394 e. The topological polar surface area (TPSA) is 71.6 Å². The van der Waals surface area contributed by atoms with Crippen molar-refractivity contribution in [2.75, 3.05) is 38.6 Å². The highest BCUT2D eigenvalue weighted by molar-refractivity contribution is 7.15. The number of nitrogen functional groups attached to an aromatic ring is 1. The van der Waals surface area contributed by atoms with Crippen LogP contribution >= 0.6 is 23.7 Å². The summed E-state index contributed by atoms with van der Waals surface area (Å²) in [5.41, 5.74) is 5.57. The molecule has 0 aromatic carbocycles. The zero-order chi connectivity index (χ0) is 11.8. The van der Waals surface area contributed by atoms with Crippen LogP contribution in [0.5, 0.6) is 0 Å². The van der Waals surface area contributed by atoms with Gasteiger partial charge in [-0.25, -0.2) is 4.98 Å². The Morgan fingerprint density at radius 1 is 1.53 bits per heavy atom. The molecule has 0 saturated heterocycles. The molecule has 7 heteroatoms. The predicted molar refractivity (Wildman–Crippen MR) is 72.6 cm³/mol. The van der Waals surface area contributed by atoms with Gasteiger partial charge >= 0.3 is 0 Å². The van der Waals surface area contributed by atoms with Gasteiger partial charge in [0.05, 0.1) is 19.8 Å². The van der Waals surface area contributed by atoms with Gasteiger partial charge in [0, 0.05) is 24.2 Å². The Morgan fingerprint density at radius 3 is 2.82 bits per heavy atom. The van der Waals surface area contributed by atoms with Crippen LogP contribution in [0.2, 0.25) is 0 Å². The van der Waals surface area contributed by atoms with E-state index in [0.29, 0.717) is 18.3 Å². The first kappa shape index (κ1) is 16.6. The Balaban J connectivity index is 0.00000256. The number of hydrogen-bond donors (Lipinski definition) is 2. The second-order valence-corrected chi connectivity index (χ2v) is 4.52. The average Bonchev–Trinajstić information content (AvgIpc) is 2.68. The van der Waals surface area contributed by atoms with E-state index < -0.39 is 0 Å². The summed E-state index contributed by atoms with van der Waals surface area (Å²) in [6.07, 6.45) is 1.82. The van der Waals surface area contributed by atoms with Crippen molar-refractivity contribution in [2.24, 2.45) is 0 Å². The number of anilines is 1. The van der Waals surface area contributed by atoms with E-state index in [-0.39, 0.29) is 19.0 Å². The molecular formula is C10H20ClN3O2S. The summed E-state index contributed by atoms with van der Waals surface area (Å²) in [5, 5.41) is 9.18. The lowest BCUT2D eigenvalue weighted by Crippen LogP contribution is -2.27. The maximum Gasteiger partial charge on any atom is 0.180 e. The van der Waals surface area contributed by atoms with Crippen LogP contribution in [0.4, 0.5) is 5.13 Å². The highest BCUT2D eigenvalue weighted by Gasteiger charge is 2.06. The fourth-order valence-electron chi connectivity index (χ4n) is 1.33. The zero-order valence-electron chi connectivity index (χ0n) is 9.96. The molecule has 0 saturated carbocycles. The standard InChI is InChI=1S/C10H19N3O2S.ClH/c1-2-13(3-5-15-6-4-14)8-9-7-12-10(11)16-9;/h7,14H,2-6,8H2,1H3,(H2,11,12);1H. The van der Waals surface area contributed by atoms with Crippen LogP contribution in [0.3, 0.4) is 0 Å². The molecule has 0 unspecified atom stereocenters. The number of nitrogens with zero attached hydrogens (tertiary/aromatic N) is 2. The van der Waals surface area contributed by atoms with Gasteiger partial charge in [-0.15, -0.1) is 23.7 Å².